The van der Waals surface area contributed by atoms with Crippen molar-refractivity contribution in [2.45, 2.75) is 43.2 Å². The number of carbonyl (C=O) groups is 1. The molecule has 0 spiro atoms. The van der Waals surface area contributed by atoms with E-state index in [1.54, 1.807) is 6.92 Å². The summed E-state index contributed by atoms with van der Waals surface area (Å²) < 4.78 is 32.2. The number of aromatic nitrogens is 2. The quantitative estimate of drug-likeness (QED) is 0.643. The summed E-state index contributed by atoms with van der Waals surface area (Å²) in [6, 6.07) is 0. The average Bonchev–Trinajstić information content (AvgIpc) is 3.07. The number of aliphatic hydroxyl groups is 1. The lowest BCUT2D eigenvalue weighted by Crippen LogP contribution is -2.49. The van der Waals surface area contributed by atoms with Crippen LogP contribution in [0.3, 0.4) is 0 Å². The van der Waals surface area contributed by atoms with Crippen molar-refractivity contribution in [1.82, 2.24) is 14.9 Å². The second-order valence-corrected chi connectivity index (χ2v) is 6.70. The van der Waals surface area contributed by atoms with Crippen molar-refractivity contribution in [2.75, 3.05) is 13.2 Å². The van der Waals surface area contributed by atoms with E-state index in [0.717, 1.165) is 19.0 Å². The lowest BCUT2D eigenvalue weighted by Gasteiger charge is -2.27. The maximum Gasteiger partial charge on any atom is 0.342 e. The number of H-pyrrole nitrogens is 1. The molecule has 0 atom stereocenters. The molecule has 0 aromatic carbocycles. The molecule has 3 N–H and O–H groups in total. The van der Waals surface area contributed by atoms with Crippen LogP contribution in [0.25, 0.3) is 0 Å². The first-order chi connectivity index (χ1) is 9.94. The van der Waals surface area contributed by atoms with E-state index in [1.807, 2.05) is 0 Å². The van der Waals surface area contributed by atoms with Gasteiger partial charge in [0.2, 0.25) is 0 Å². The second-order valence-electron chi connectivity index (χ2n) is 5.08. The number of hydrogen-bond donors (Lipinski definition) is 3. The Kier molecular flexibility index (Phi) is 4.64. The van der Waals surface area contributed by atoms with E-state index in [2.05, 4.69) is 14.9 Å². The van der Waals surface area contributed by atoms with Gasteiger partial charge in [-0.3, -0.25) is 5.10 Å². The van der Waals surface area contributed by atoms with Gasteiger partial charge in [0.05, 0.1) is 24.9 Å². The maximum absolute atomic E-state index is 12.4. The molecule has 0 unspecified atom stereocenters. The average molecular weight is 317 g/mol. The van der Waals surface area contributed by atoms with E-state index in [0.29, 0.717) is 12.8 Å². The van der Waals surface area contributed by atoms with Crippen LogP contribution in [0.2, 0.25) is 0 Å². The van der Waals surface area contributed by atoms with E-state index >= 15 is 0 Å². The zero-order valence-corrected chi connectivity index (χ0v) is 12.6. The minimum atomic E-state index is -3.99. The first kappa shape index (κ1) is 15.9. The lowest BCUT2D eigenvalue weighted by molar-refractivity contribution is 0.0521. The van der Waals surface area contributed by atoms with E-state index in [1.165, 1.54) is 0 Å². The van der Waals surface area contributed by atoms with Crippen LogP contribution < -0.4 is 4.72 Å². The largest absolute Gasteiger partial charge is 0.462 e. The van der Waals surface area contributed by atoms with Gasteiger partial charge in [0.15, 0.2) is 5.03 Å². The highest BCUT2D eigenvalue weighted by Gasteiger charge is 2.39. The third-order valence-electron chi connectivity index (χ3n) is 3.58. The number of sulfonamides is 1. The van der Waals surface area contributed by atoms with Gasteiger partial charge >= 0.3 is 5.97 Å². The summed E-state index contributed by atoms with van der Waals surface area (Å²) in [5, 5.41) is 15.1. The van der Waals surface area contributed by atoms with Crippen molar-refractivity contribution >= 4 is 16.0 Å². The molecule has 1 aromatic heterocycles. The summed E-state index contributed by atoms with van der Waals surface area (Å²) >= 11 is 0. The fraction of sp³-hybridized carbons (Fsp3) is 0.667. The topological polar surface area (TPSA) is 121 Å². The molecule has 0 aliphatic heterocycles. The van der Waals surface area contributed by atoms with Gasteiger partial charge in [0.1, 0.15) is 5.56 Å². The summed E-state index contributed by atoms with van der Waals surface area (Å²) in [7, 11) is -3.99. The van der Waals surface area contributed by atoms with Gasteiger partial charge in [-0.1, -0.05) is 12.8 Å². The molecule has 0 radical (unpaired) electrons. The Morgan fingerprint density at radius 3 is 2.76 bits per heavy atom. The second kappa shape index (κ2) is 6.12. The van der Waals surface area contributed by atoms with Gasteiger partial charge in [-0.05, 0) is 19.8 Å². The monoisotopic (exact) mass is 317 g/mol. The molecule has 8 nitrogen and oxygen atoms in total. The van der Waals surface area contributed by atoms with Crippen molar-refractivity contribution in [1.29, 1.82) is 0 Å². The molecule has 2 rings (SSSR count). The number of ether oxygens (including phenoxy) is 1. The van der Waals surface area contributed by atoms with E-state index in [9.17, 15) is 18.3 Å². The Morgan fingerprint density at radius 1 is 1.52 bits per heavy atom. The molecule has 1 saturated carbocycles. The molecule has 21 heavy (non-hydrogen) atoms. The molecule has 1 fully saturated rings. The Bertz CT molecular complexity index is 604. The van der Waals surface area contributed by atoms with Crippen molar-refractivity contribution in [3.8, 4) is 0 Å². The van der Waals surface area contributed by atoms with Gasteiger partial charge < -0.3 is 9.84 Å². The molecule has 0 bridgehead atoms. The molecule has 1 aliphatic carbocycles. The smallest absolute Gasteiger partial charge is 0.342 e. The van der Waals surface area contributed by atoms with Crippen molar-refractivity contribution < 1.29 is 23.1 Å². The fourth-order valence-electron chi connectivity index (χ4n) is 2.51. The van der Waals surface area contributed by atoms with Crippen LogP contribution in [0.1, 0.15) is 43.0 Å². The van der Waals surface area contributed by atoms with Crippen LogP contribution >= 0.6 is 0 Å². The fourth-order valence-corrected chi connectivity index (χ4v) is 4.05. The summed E-state index contributed by atoms with van der Waals surface area (Å²) in [6.45, 7) is 1.48. The normalized spacial score (nSPS) is 17.8. The molecule has 1 heterocycles. The predicted molar refractivity (Wildman–Crippen MR) is 73.2 cm³/mol. The molecular weight excluding hydrogens is 298 g/mol. The summed E-state index contributed by atoms with van der Waals surface area (Å²) in [5.41, 5.74) is -1.01. The van der Waals surface area contributed by atoms with Crippen LogP contribution in [0.4, 0.5) is 0 Å². The van der Waals surface area contributed by atoms with Crippen molar-refractivity contribution in [2.24, 2.45) is 0 Å². The van der Waals surface area contributed by atoms with Crippen LogP contribution in [-0.4, -0.2) is 48.4 Å². The highest BCUT2D eigenvalue weighted by molar-refractivity contribution is 7.89. The van der Waals surface area contributed by atoms with Gasteiger partial charge in [-0.2, -0.15) is 5.10 Å². The number of nitrogens with zero attached hydrogens (tertiary/aromatic N) is 1. The van der Waals surface area contributed by atoms with Gasteiger partial charge in [-0.15, -0.1) is 0 Å². The number of nitrogens with one attached hydrogen (secondary N) is 2. The van der Waals surface area contributed by atoms with Gasteiger partial charge in [-0.25, -0.2) is 17.9 Å². The lowest BCUT2D eigenvalue weighted by atomic mass is 10.0. The SMILES string of the molecule is CCOC(=O)c1cn[nH]c1S(=O)(=O)NC1(CO)CCCC1. The van der Waals surface area contributed by atoms with Crippen molar-refractivity contribution in [3.63, 3.8) is 0 Å². The maximum atomic E-state index is 12.4. The summed E-state index contributed by atoms with van der Waals surface area (Å²) in [6.07, 6.45) is 3.93. The number of aromatic amines is 1. The first-order valence-electron chi connectivity index (χ1n) is 6.79. The third-order valence-corrected chi connectivity index (χ3v) is 5.13. The standard InChI is InChI=1S/C12H19N3O5S/c1-2-20-11(17)9-7-13-14-10(9)21(18,19)15-12(8-16)5-3-4-6-12/h7,15-16H,2-6,8H2,1H3,(H,13,14). The Morgan fingerprint density at radius 2 is 2.19 bits per heavy atom. The first-order valence-corrected chi connectivity index (χ1v) is 8.28. The highest BCUT2D eigenvalue weighted by atomic mass is 32.2. The number of carbonyl (C=O) groups excluding carboxylic acids is 1. The van der Waals surface area contributed by atoms with Gasteiger partial charge in [0.25, 0.3) is 10.0 Å². The Balaban J connectivity index is 2.28. The van der Waals surface area contributed by atoms with Crippen LogP contribution in [0.15, 0.2) is 11.2 Å². The van der Waals surface area contributed by atoms with Gasteiger partial charge in [0, 0.05) is 0 Å². The molecule has 1 aromatic rings. The minimum Gasteiger partial charge on any atom is -0.462 e. The predicted octanol–water partition coefficient (Wildman–Crippen LogP) is 0.170. The molecule has 1 aliphatic rings. The summed E-state index contributed by atoms with van der Waals surface area (Å²) in [5.74, 6) is -0.754. The zero-order chi connectivity index (χ0) is 15.5. The molecule has 0 amide bonds. The molecule has 9 heteroatoms. The van der Waals surface area contributed by atoms with E-state index < -0.39 is 21.5 Å². The zero-order valence-electron chi connectivity index (χ0n) is 11.8. The van der Waals surface area contributed by atoms with Crippen LogP contribution in [0.5, 0.6) is 0 Å². The number of esters is 1. The molecular formula is C12H19N3O5S. The summed E-state index contributed by atoms with van der Waals surface area (Å²) in [4.78, 5) is 11.7. The molecule has 0 saturated heterocycles. The number of rotatable bonds is 6. The van der Waals surface area contributed by atoms with E-state index in [-0.39, 0.29) is 23.8 Å². The van der Waals surface area contributed by atoms with Crippen LogP contribution in [-0.2, 0) is 14.8 Å². The third kappa shape index (κ3) is 3.25. The van der Waals surface area contributed by atoms with E-state index in [4.69, 9.17) is 4.74 Å². The highest BCUT2D eigenvalue weighted by Crippen LogP contribution is 2.31. The number of hydrogen-bond acceptors (Lipinski definition) is 6. The number of aliphatic hydroxyl groups excluding tert-OH is 1. The Hall–Kier alpha value is -1.45. The van der Waals surface area contributed by atoms with Crippen molar-refractivity contribution in [3.05, 3.63) is 11.8 Å². The van der Waals surface area contributed by atoms with Crippen LogP contribution in [0, 0.1) is 0 Å². The Labute approximate surface area is 122 Å². The minimum absolute atomic E-state index is 0.136. The molecule has 118 valence electrons.